The number of carboxylic acids is 1. The summed E-state index contributed by atoms with van der Waals surface area (Å²) >= 11 is 0. The molecule has 0 spiro atoms. The Hall–Kier alpha value is -1.31. The van der Waals surface area contributed by atoms with Gasteiger partial charge in [-0.15, -0.1) is 0 Å². The van der Waals surface area contributed by atoms with E-state index in [2.05, 4.69) is 31.8 Å². The second-order valence-electron chi connectivity index (χ2n) is 8.53. The van der Waals surface area contributed by atoms with Crippen molar-refractivity contribution in [3.05, 3.63) is 11.6 Å². The van der Waals surface area contributed by atoms with Gasteiger partial charge >= 0.3 is 5.97 Å². The Labute approximate surface area is 164 Å². The average Bonchev–Trinajstić information content (AvgIpc) is 2.62. The van der Waals surface area contributed by atoms with Crippen LogP contribution in [-0.4, -0.2) is 33.5 Å². The van der Waals surface area contributed by atoms with Crippen molar-refractivity contribution in [3.8, 4) is 11.8 Å². The van der Waals surface area contributed by atoms with Crippen LogP contribution in [0.25, 0.3) is 0 Å². The predicted molar refractivity (Wildman–Crippen MR) is 107 cm³/mol. The summed E-state index contributed by atoms with van der Waals surface area (Å²) in [6, 6.07) is 0. The minimum Gasteiger partial charge on any atom is -0.481 e. The zero-order chi connectivity index (χ0) is 19.9. The largest absolute Gasteiger partial charge is 0.481 e. The van der Waals surface area contributed by atoms with Crippen molar-refractivity contribution in [3.63, 3.8) is 0 Å². The number of hydrogen-bond donors (Lipinski definition) is 3. The Morgan fingerprint density at radius 3 is 2.78 bits per heavy atom. The average molecular weight is 377 g/mol. The highest BCUT2D eigenvalue weighted by atomic mass is 16.4. The number of rotatable bonds is 9. The maximum atomic E-state index is 10.7. The van der Waals surface area contributed by atoms with Crippen LogP contribution < -0.4 is 0 Å². The van der Waals surface area contributed by atoms with Gasteiger partial charge in [-0.25, -0.2) is 0 Å². The first-order chi connectivity index (χ1) is 12.9. The van der Waals surface area contributed by atoms with Crippen LogP contribution in [-0.2, 0) is 4.79 Å². The molecule has 0 amide bonds. The van der Waals surface area contributed by atoms with Gasteiger partial charge in [-0.2, -0.15) is 0 Å². The van der Waals surface area contributed by atoms with Gasteiger partial charge in [0, 0.05) is 6.42 Å². The molecule has 1 unspecified atom stereocenters. The minimum absolute atomic E-state index is 0.0299. The molecule has 2 saturated carbocycles. The molecule has 0 aliphatic heterocycles. The van der Waals surface area contributed by atoms with Crippen molar-refractivity contribution < 1.29 is 20.1 Å². The normalized spacial score (nSPS) is 32.1. The van der Waals surface area contributed by atoms with Crippen LogP contribution in [0.5, 0.6) is 0 Å². The lowest BCUT2D eigenvalue weighted by molar-refractivity contribution is -0.136. The standard InChI is InChI=1S/C23H36O4/c1-3-4-5-6-7-10-18(24)12-13-19-20-16-17(9-8-11-22(26)27)23(20,2)15-14-21(19)25/h9,18-21,24-25H,3-8,10-11,14-16H2,1-2H3,(H,26,27)/t18?,19-,20-,21-,23-/m0/s1. The summed E-state index contributed by atoms with van der Waals surface area (Å²) in [6.07, 6.45) is 10.9. The van der Waals surface area contributed by atoms with Gasteiger partial charge in [0.25, 0.3) is 0 Å². The first-order valence-corrected chi connectivity index (χ1v) is 10.7. The van der Waals surface area contributed by atoms with E-state index in [1.165, 1.54) is 24.8 Å². The zero-order valence-electron chi connectivity index (χ0n) is 16.9. The van der Waals surface area contributed by atoms with Crippen LogP contribution in [0.3, 0.4) is 0 Å². The van der Waals surface area contributed by atoms with Crippen molar-refractivity contribution in [1.82, 2.24) is 0 Å². The molecule has 2 fully saturated rings. The molecule has 0 aromatic heterocycles. The third-order valence-corrected chi connectivity index (χ3v) is 6.55. The number of allylic oxidation sites excluding steroid dienone is 2. The Balaban J connectivity index is 1.89. The van der Waals surface area contributed by atoms with Crippen molar-refractivity contribution in [1.29, 1.82) is 0 Å². The van der Waals surface area contributed by atoms with Crippen LogP contribution in [0.2, 0.25) is 0 Å². The van der Waals surface area contributed by atoms with Crippen LogP contribution in [0.15, 0.2) is 11.6 Å². The van der Waals surface area contributed by atoms with E-state index < -0.39 is 18.2 Å². The molecule has 2 rings (SSSR count). The zero-order valence-corrected chi connectivity index (χ0v) is 16.9. The summed E-state index contributed by atoms with van der Waals surface area (Å²) in [4.78, 5) is 10.7. The van der Waals surface area contributed by atoms with E-state index in [1.54, 1.807) is 0 Å². The van der Waals surface area contributed by atoms with Crippen LogP contribution in [0.1, 0.15) is 84.5 Å². The smallest absolute Gasteiger partial charge is 0.303 e. The van der Waals surface area contributed by atoms with E-state index in [0.29, 0.717) is 18.8 Å². The molecule has 2 aliphatic carbocycles. The monoisotopic (exact) mass is 376 g/mol. The molecule has 0 heterocycles. The van der Waals surface area contributed by atoms with Gasteiger partial charge in [0.15, 0.2) is 0 Å². The number of unbranched alkanes of at least 4 members (excludes halogenated alkanes) is 4. The number of aliphatic hydroxyl groups is 2. The van der Waals surface area contributed by atoms with E-state index in [1.807, 2.05) is 0 Å². The van der Waals surface area contributed by atoms with Gasteiger partial charge in [-0.05, 0) is 49.9 Å². The molecule has 152 valence electrons. The molecule has 0 saturated heterocycles. The number of carbonyl (C=O) groups is 1. The lowest BCUT2D eigenvalue weighted by Crippen LogP contribution is -2.51. The molecule has 0 radical (unpaired) electrons. The first kappa shape index (κ1) is 22.0. The third kappa shape index (κ3) is 5.83. The molecule has 4 heteroatoms. The summed E-state index contributed by atoms with van der Waals surface area (Å²) in [7, 11) is 0. The lowest BCUT2D eigenvalue weighted by atomic mass is 9.48. The molecule has 0 aromatic carbocycles. The number of aliphatic hydroxyl groups excluding tert-OH is 2. The van der Waals surface area contributed by atoms with E-state index in [4.69, 9.17) is 5.11 Å². The first-order valence-electron chi connectivity index (χ1n) is 10.7. The van der Waals surface area contributed by atoms with Gasteiger partial charge in [0.1, 0.15) is 6.10 Å². The molecule has 4 nitrogen and oxygen atoms in total. The fraction of sp³-hybridized carbons (Fsp3) is 0.783. The van der Waals surface area contributed by atoms with E-state index in [9.17, 15) is 15.0 Å². The Kier molecular flexibility index (Phi) is 8.38. The fourth-order valence-electron chi connectivity index (χ4n) is 4.66. The van der Waals surface area contributed by atoms with Gasteiger partial charge in [0.2, 0.25) is 0 Å². The van der Waals surface area contributed by atoms with E-state index >= 15 is 0 Å². The molecular formula is C23H36O4. The molecular weight excluding hydrogens is 340 g/mol. The number of hydrogen-bond acceptors (Lipinski definition) is 3. The highest BCUT2D eigenvalue weighted by Gasteiger charge is 2.54. The molecule has 27 heavy (non-hydrogen) atoms. The molecule has 5 atom stereocenters. The number of fused-ring (bicyclic) bond motifs is 1. The maximum Gasteiger partial charge on any atom is 0.303 e. The second-order valence-corrected chi connectivity index (χ2v) is 8.53. The summed E-state index contributed by atoms with van der Waals surface area (Å²) in [5.74, 6) is 5.66. The maximum absolute atomic E-state index is 10.7. The van der Waals surface area contributed by atoms with E-state index in [0.717, 1.165) is 32.1 Å². The Morgan fingerprint density at radius 2 is 2.07 bits per heavy atom. The van der Waals surface area contributed by atoms with Crippen molar-refractivity contribution in [2.45, 2.75) is 96.7 Å². The van der Waals surface area contributed by atoms with Gasteiger partial charge in [-0.3, -0.25) is 4.79 Å². The van der Waals surface area contributed by atoms with Crippen molar-refractivity contribution in [2.24, 2.45) is 17.3 Å². The van der Waals surface area contributed by atoms with Gasteiger partial charge in [0.05, 0.1) is 12.0 Å². The Bertz CT molecular complexity index is 585. The molecule has 2 aliphatic rings. The summed E-state index contributed by atoms with van der Waals surface area (Å²) in [6.45, 7) is 4.41. The van der Waals surface area contributed by atoms with Crippen molar-refractivity contribution in [2.75, 3.05) is 0 Å². The fourth-order valence-corrected chi connectivity index (χ4v) is 4.66. The lowest BCUT2D eigenvalue weighted by Gasteiger charge is -2.57. The van der Waals surface area contributed by atoms with Crippen LogP contribution in [0, 0.1) is 29.1 Å². The molecule has 3 N–H and O–H groups in total. The quantitative estimate of drug-likeness (QED) is 0.318. The SMILES string of the molecule is CCCCCCCC(O)C#C[C@@H]1[C@@H](O)CC[C@@]2(C)C(=CCCC(=O)O)C[C@@H]12. The second kappa shape index (κ2) is 10.3. The van der Waals surface area contributed by atoms with E-state index in [-0.39, 0.29) is 17.8 Å². The summed E-state index contributed by atoms with van der Waals surface area (Å²) < 4.78 is 0. The van der Waals surface area contributed by atoms with Gasteiger partial charge < -0.3 is 15.3 Å². The summed E-state index contributed by atoms with van der Waals surface area (Å²) in [5, 5.41) is 29.4. The topological polar surface area (TPSA) is 77.8 Å². The molecule has 0 bridgehead atoms. The number of carboxylic acid groups (broad SMARTS) is 1. The Morgan fingerprint density at radius 1 is 1.33 bits per heavy atom. The minimum atomic E-state index is -0.764. The highest BCUT2D eigenvalue weighted by molar-refractivity contribution is 5.66. The third-order valence-electron chi connectivity index (χ3n) is 6.55. The van der Waals surface area contributed by atoms with Crippen LogP contribution in [0.4, 0.5) is 0 Å². The van der Waals surface area contributed by atoms with Gasteiger partial charge in [-0.1, -0.05) is 63.0 Å². The summed E-state index contributed by atoms with van der Waals surface area (Å²) in [5.41, 5.74) is 1.35. The molecule has 0 aromatic rings. The predicted octanol–water partition coefficient (Wildman–Crippen LogP) is 4.30. The van der Waals surface area contributed by atoms with Crippen LogP contribution >= 0.6 is 0 Å². The van der Waals surface area contributed by atoms with Crippen molar-refractivity contribution >= 4 is 5.97 Å². The number of aliphatic carboxylic acids is 1. The highest BCUT2D eigenvalue weighted by Crippen LogP contribution is 2.60.